The van der Waals surface area contributed by atoms with Crippen LogP contribution in [-0.4, -0.2) is 16.7 Å². The van der Waals surface area contributed by atoms with E-state index in [4.69, 9.17) is 5.26 Å². The van der Waals surface area contributed by atoms with Gasteiger partial charge < -0.3 is 5.32 Å². The van der Waals surface area contributed by atoms with Crippen LogP contribution >= 0.6 is 0 Å². The zero-order valence-corrected chi connectivity index (χ0v) is 8.82. The van der Waals surface area contributed by atoms with Crippen molar-refractivity contribution < 1.29 is 0 Å². The first-order chi connectivity index (χ1) is 7.22. The Kier molecular flexibility index (Phi) is 2.55. The first-order valence-electron chi connectivity index (χ1n) is 5.20. The molecule has 4 heteroatoms. The molecule has 1 aliphatic rings. The monoisotopic (exact) mass is 202 g/mol. The summed E-state index contributed by atoms with van der Waals surface area (Å²) in [6.07, 6.45) is 3.89. The van der Waals surface area contributed by atoms with Crippen LogP contribution < -0.4 is 5.32 Å². The van der Waals surface area contributed by atoms with Crippen molar-refractivity contribution in [2.24, 2.45) is 5.41 Å². The summed E-state index contributed by atoms with van der Waals surface area (Å²) in [5.41, 5.74) is 0.783. The second-order valence-corrected chi connectivity index (χ2v) is 4.43. The van der Waals surface area contributed by atoms with Crippen molar-refractivity contribution >= 4 is 5.82 Å². The van der Waals surface area contributed by atoms with Crippen LogP contribution in [0.3, 0.4) is 0 Å². The van der Waals surface area contributed by atoms with E-state index in [1.807, 2.05) is 6.07 Å². The molecule has 4 nitrogen and oxygen atoms in total. The molecule has 0 aliphatic heterocycles. The van der Waals surface area contributed by atoms with Gasteiger partial charge in [0.25, 0.3) is 0 Å². The molecule has 0 unspecified atom stereocenters. The first-order valence-corrected chi connectivity index (χ1v) is 5.20. The minimum absolute atomic E-state index is 0.357. The average Bonchev–Trinajstić information content (AvgIpc) is 2.24. The molecule has 0 aromatic carbocycles. The molecule has 78 valence electrons. The molecular formula is C11H14N4. The van der Waals surface area contributed by atoms with E-state index in [9.17, 15) is 0 Å². The number of hydrogen-bond donors (Lipinski definition) is 1. The third-order valence-corrected chi connectivity index (χ3v) is 3.04. The fourth-order valence-corrected chi connectivity index (χ4v) is 1.75. The number of nitrogens with one attached hydrogen (secondary N) is 1. The van der Waals surface area contributed by atoms with Crippen LogP contribution in [0.5, 0.6) is 0 Å². The van der Waals surface area contributed by atoms with Crippen LogP contribution in [0.2, 0.25) is 0 Å². The van der Waals surface area contributed by atoms with Crippen LogP contribution in [0.4, 0.5) is 5.82 Å². The molecule has 0 bridgehead atoms. The number of anilines is 1. The topological polar surface area (TPSA) is 61.6 Å². The van der Waals surface area contributed by atoms with E-state index < -0.39 is 0 Å². The highest BCUT2D eigenvalue weighted by atomic mass is 15.2. The summed E-state index contributed by atoms with van der Waals surface area (Å²) in [4.78, 5) is 0. The fourth-order valence-electron chi connectivity index (χ4n) is 1.75. The first kappa shape index (κ1) is 9.91. The van der Waals surface area contributed by atoms with Gasteiger partial charge >= 0.3 is 0 Å². The third kappa shape index (κ3) is 2.24. The van der Waals surface area contributed by atoms with Gasteiger partial charge in [-0.25, -0.2) is 0 Å². The molecule has 2 rings (SSSR count). The van der Waals surface area contributed by atoms with E-state index in [0.717, 1.165) is 12.4 Å². The van der Waals surface area contributed by atoms with Crippen molar-refractivity contribution in [3.05, 3.63) is 17.8 Å². The summed E-state index contributed by atoms with van der Waals surface area (Å²) >= 11 is 0. The Balaban J connectivity index is 1.91. The van der Waals surface area contributed by atoms with Gasteiger partial charge in [-0.2, -0.15) is 5.26 Å². The molecule has 1 fully saturated rings. The Morgan fingerprint density at radius 1 is 1.47 bits per heavy atom. The number of hydrogen-bond acceptors (Lipinski definition) is 4. The minimum atomic E-state index is 0.357. The summed E-state index contributed by atoms with van der Waals surface area (Å²) < 4.78 is 0. The number of nitrogens with zero attached hydrogens (tertiary/aromatic N) is 3. The number of aromatic nitrogens is 2. The lowest BCUT2D eigenvalue weighted by molar-refractivity contribution is 0.180. The van der Waals surface area contributed by atoms with Crippen LogP contribution in [-0.2, 0) is 0 Å². The lowest BCUT2D eigenvalue weighted by Gasteiger charge is -2.38. The van der Waals surface area contributed by atoms with Crippen molar-refractivity contribution in [1.29, 1.82) is 5.26 Å². The minimum Gasteiger partial charge on any atom is -0.368 e. The molecule has 1 heterocycles. The van der Waals surface area contributed by atoms with Gasteiger partial charge in [0.15, 0.2) is 5.69 Å². The average molecular weight is 202 g/mol. The summed E-state index contributed by atoms with van der Waals surface area (Å²) in [7, 11) is 0. The molecule has 1 saturated carbocycles. The molecule has 0 spiro atoms. The Labute approximate surface area is 89.3 Å². The lowest BCUT2D eigenvalue weighted by Crippen LogP contribution is -2.33. The van der Waals surface area contributed by atoms with Crippen molar-refractivity contribution in [3.8, 4) is 6.07 Å². The van der Waals surface area contributed by atoms with E-state index >= 15 is 0 Å². The second kappa shape index (κ2) is 3.85. The number of rotatable bonds is 3. The SMILES string of the molecule is CC1(CNc2ccc(C#N)nn2)CCC1. The lowest BCUT2D eigenvalue weighted by atomic mass is 9.70. The van der Waals surface area contributed by atoms with Crippen LogP contribution in [0.15, 0.2) is 12.1 Å². The van der Waals surface area contributed by atoms with Crippen LogP contribution in [0, 0.1) is 16.7 Å². The predicted octanol–water partition coefficient (Wildman–Crippen LogP) is 1.95. The number of nitriles is 1. The molecule has 1 aliphatic carbocycles. The van der Waals surface area contributed by atoms with Gasteiger partial charge in [-0.3, -0.25) is 0 Å². The predicted molar refractivity (Wildman–Crippen MR) is 57.2 cm³/mol. The second-order valence-electron chi connectivity index (χ2n) is 4.43. The van der Waals surface area contributed by atoms with E-state index in [2.05, 4.69) is 22.4 Å². The van der Waals surface area contributed by atoms with Crippen molar-refractivity contribution in [1.82, 2.24) is 10.2 Å². The van der Waals surface area contributed by atoms with Crippen molar-refractivity contribution in [2.75, 3.05) is 11.9 Å². The molecular weight excluding hydrogens is 188 g/mol. The van der Waals surface area contributed by atoms with Gasteiger partial charge in [0, 0.05) is 6.54 Å². The molecule has 1 aromatic rings. The zero-order chi connectivity index (χ0) is 10.7. The van der Waals surface area contributed by atoms with Crippen molar-refractivity contribution in [2.45, 2.75) is 26.2 Å². The Morgan fingerprint density at radius 3 is 2.73 bits per heavy atom. The molecule has 0 saturated heterocycles. The molecule has 0 amide bonds. The van der Waals surface area contributed by atoms with Crippen LogP contribution in [0.25, 0.3) is 0 Å². The smallest absolute Gasteiger partial charge is 0.163 e. The molecule has 0 atom stereocenters. The summed E-state index contributed by atoms with van der Waals surface area (Å²) in [6, 6.07) is 5.43. The largest absolute Gasteiger partial charge is 0.368 e. The van der Waals surface area contributed by atoms with Gasteiger partial charge in [0.2, 0.25) is 0 Å². The molecule has 0 radical (unpaired) electrons. The van der Waals surface area contributed by atoms with E-state index in [-0.39, 0.29) is 0 Å². The van der Waals surface area contributed by atoms with E-state index in [1.165, 1.54) is 19.3 Å². The quantitative estimate of drug-likeness (QED) is 0.813. The Morgan fingerprint density at radius 2 is 2.27 bits per heavy atom. The van der Waals surface area contributed by atoms with Gasteiger partial charge in [-0.05, 0) is 30.4 Å². The normalized spacial score (nSPS) is 17.6. The summed E-state index contributed by atoms with van der Waals surface area (Å²) in [5.74, 6) is 0.752. The standard InChI is InChI=1S/C11H14N4/c1-11(5-2-6-11)8-13-10-4-3-9(7-12)14-15-10/h3-4H,2,5-6,8H2,1H3,(H,13,15). The van der Waals surface area contributed by atoms with E-state index in [0.29, 0.717) is 11.1 Å². The maximum absolute atomic E-state index is 8.56. The van der Waals surface area contributed by atoms with Gasteiger partial charge in [0.05, 0.1) is 0 Å². The summed E-state index contributed by atoms with van der Waals surface area (Å²) in [6.45, 7) is 3.22. The molecule has 1 aromatic heterocycles. The van der Waals surface area contributed by atoms with Gasteiger partial charge in [0.1, 0.15) is 11.9 Å². The van der Waals surface area contributed by atoms with E-state index in [1.54, 1.807) is 12.1 Å². The highest BCUT2D eigenvalue weighted by Gasteiger charge is 2.31. The van der Waals surface area contributed by atoms with Gasteiger partial charge in [-0.1, -0.05) is 13.3 Å². The highest BCUT2D eigenvalue weighted by molar-refractivity contribution is 5.35. The Bertz CT molecular complexity index is 373. The van der Waals surface area contributed by atoms with Crippen LogP contribution in [0.1, 0.15) is 31.9 Å². The maximum atomic E-state index is 8.56. The fraction of sp³-hybridized carbons (Fsp3) is 0.545. The molecule has 1 N–H and O–H groups in total. The molecule has 15 heavy (non-hydrogen) atoms. The van der Waals surface area contributed by atoms with Crippen molar-refractivity contribution in [3.63, 3.8) is 0 Å². The third-order valence-electron chi connectivity index (χ3n) is 3.04. The maximum Gasteiger partial charge on any atom is 0.163 e. The Hall–Kier alpha value is -1.63. The van der Waals surface area contributed by atoms with Gasteiger partial charge in [-0.15, -0.1) is 10.2 Å². The summed E-state index contributed by atoms with van der Waals surface area (Å²) in [5, 5.41) is 19.5. The zero-order valence-electron chi connectivity index (χ0n) is 8.82. The highest BCUT2D eigenvalue weighted by Crippen LogP contribution is 2.39.